The average Bonchev–Trinajstić information content (AvgIpc) is 3.72. The predicted molar refractivity (Wildman–Crippen MR) is 265 cm³/mol. The zero-order valence-corrected chi connectivity index (χ0v) is 46.5. The molecule has 0 aromatic carbocycles. The van der Waals surface area contributed by atoms with Gasteiger partial charge in [-0.25, -0.2) is 8.98 Å². The minimum absolute atomic E-state index is 0.119. The van der Waals surface area contributed by atoms with E-state index in [0.717, 1.165) is 30.4 Å². The molecule has 8 aliphatic rings. The van der Waals surface area contributed by atoms with Gasteiger partial charge in [0, 0.05) is 51.6 Å². The number of hydrogen-bond acceptors (Lipinski definition) is 21. The topological polar surface area (TPSA) is 289 Å². The summed E-state index contributed by atoms with van der Waals surface area (Å²) >= 11 is 0. The van der Waals surface area contributed by atoms with Crippen molar-refractivity contribution in [3.8, 4) is 0 Å². The number of rotatable bonds is 17. The van der Waals surface area contributed by atoms with Gasteiger partial charge in [-0.05, 0) is 110 Å². The van der Waals surface area contributed by atoms with Gasteiger partial charge in [0.05, 0.1) is 43.2 Å². The summed E-state index contributed by atoms with van der Waals surface area (Å²) in [6.07, 6.45) is -11.5. The lowest BCUT2D eigenvalue weighted by Crippen LogP contribution is -2.65. The lowest BCUT2D eigenvalue weighted by Gasteiger charge is -2.60. The molecule has 0 unspecified atom stereocenters. The zero-order chi connectivity index (χ0) is 55.3. The average molecular weight is 1110 g/mol. The van der Waals surface area contributed by atoms with Gasteiger partial charge in [-0.15, -0.1) is 0 Å². The molecule has 434 valence electrons. The van der Waals surface area contributed by atoms with Crippen molar-refractivity contribution in [3.05, 3.63) is 23.3 Å². The van der Waals surface area contributed by atoms with Gasteiger partial charge < -0.3 is 77.3 Å². The Morgan fingerprint density at radius 3 is 2.00 bits per heavy atom. The third-order valence-electron chi connectivity index (χ3n) is 18.4. The van der Waals surface area contributed by atoms with Crippen LogP contribution in [0.3, 0.4) is 0 Å². The van der Waals surface area contributed by atoms with Crippen LogP contribution < -0.4 is 0 Å². The van der Waals surface area contributed by atoms with Crippen LogP contribution in [0.25, 0.3) is 0 Å². The molecule has 5 N–H and O–H groups in total. The van der Waals surface area contributed by atoms with Crippen LogP contribution in [-0.4, -0.2) is 196 Å². The van der Waals surface area contributed by atoms with Gasteiger partial charge in [-0.1, -0.05) is 31.1 Å². The highest BCUT2D eigenvalue weighted by molar-refractivity contribution is 7.80. The molecule has 26 atom stereocenters. The van der Waals surface area contributed by atoms with Crippen molar-refractivity contribution in [1.29, 1.82) is 0 Å². The van der Waals surface area contributed by atoms with Crippen molar-refractivity contribution in [2.24, 2.45) is 34.5 Å². The first-order chi connectivity index (χ1) is 35.8. The highest BCUT2D eigenvalue weighted by atomic mass is 32.3. The second-order valence-electron chi connectivity index (χ2n) is 23.2. The van der Waals surface area contributed by atoms with E-state index < -0.39 is 151 Å². The molecule has 0 aromatic heterocycles. The number of ketones is 1. The van der Waals surface area contributed by atoms with E-state index in [0.29, 0.717) is 25.7 Å². The van der Waals surface area contributed by atoms with Crippen LogP contribution >= 0.6 is 0 Å². The van der Waals surface area contributed by atoms with E-state index in [1.54, 1.807) is 27.7 Å². The van der Waals surface area contributed by atoms with Crippen molar-refractivity contribution < 1.29 is 104 Å². The molecule has 4 aliphatic heterocycles. The smallest absolute Gasteiger partial charge is 0.397 e. The van der Waals surface area contributed by atoms with Crippen LogP contribution in [0.4, 0.5) is 0 Å². The summed E-state index contributed by atoms with van der Waals surface area (Å²) in [6, 6.07) is 0. The first-order valence-electron chi connectivity index (χ1n) is 27.0. The Morgan fingerprint density at radius 1 is 0.711 bits per heavy atom. The number of carbonyl (C=O) groups excluding carboxylic acids is 2. The fraction of sp³-hybridized carbons (Fsp3) is 0.887. The number of esters is 1. The van der Waals surface area contributed by atoms with Gasteiger partial charge in [0.2, 0.25) is 0 Å². The minimum atomic E-state index is -5.04. The van der Waals surface area contributed by atoms with E-state index in [1.807, 2.05) is 13.8 Å². The fourth-order valence-electron chi connectivity index (χ4n) is 14.5. The largest absolute Gasteiger partial charge is 0.459 e. The molecule has 22 nitrogen and oxygen atoms in total. The maximum absolute atomic E-state index is 13.2. The first-order valence-corrected chi connectivity index (χ1v) is 28.4. The lowest BCUT2D eigenvalue weighted by molar-refractivity contribution is -0.374. The third kappa shape index (κ3) is 12.2. The number of allylic oxidation sites excluding steroid dienone is 2. The number of aliphatic hydroxyl groups is 4. The molecular formula is C53H84O22S. The number of methoxy groups -OCH3 is 3. The minimum Gasteiger partial charge on any atom is -0.459 e. The summed E-state index contributed by atoms with van der Waals surface area (Å²) in [4.78, 5) is 26.3. The van der Waals surface area contributed by atoms with Crippen LogP contribution in [0.5, 0.6) is 0 Å². The maximum Gasteiger partial charge on any atom is 0.397 e. The molecule has 0 bridgehead atoms. The highest BCUT2D eigenvalue weighted by Crippen LogP contribution is 2.67. The fourth-order valence-corrected chi connectivity index (χ4v) is 14.8. The Kier molecular flexibility index (Phi) is 19.1. The number of carbonyl (C=O) groups is 2. The second-order valence-corrected chi connectivity index (χ2v) is 24.3. The molecule has 3 saturated carbocycles. The Labute approximate surface area is 446 Å². The number of Topliss-reactive ketones (excluding diaryl/α,β-unsaturated/α-hetero) is 1. The molecule has 0 amide bonds. The summed E-state index contributed by atoms with van der Waals surface area (Å²) in [5.74, 6) is 0.0954. The molecule has 0 radical (unpaired) electrons. The van der Waals surface area contributed by atoms with Crippen LogP contribution in [0.15, 0.2) is 23.3 Å². The Hall–Kier alpha value is -2.11. The first kappa shape index (κ1) is 60.0. The van der Waals surface area contributed by atoms with E-state index in [1.165, 1.54) is 27.4 Å². The van der Waals surface area contributed by atoms with Gasteiger partial charge in [0.15, 0.2) is 25.2 Å². The highest BCUT2D eigenvalue weighted by Gasteiger charge is 2.65. The van der Waals surface area contributed by atoms with Crippen LogP contribution in [0.2, 0.25) is 0 Å². The normalized spacial score (nSPS) is 47.7. The number of fused-ring (bicyclic) bond motifs is 5. The van der Waals surface area contributed by atoms with E-state index in [-0.39, 0.29) is 47.7 Å². The zero-order valence-electron chi connectivity index (χ0n) is 45.7. The van der Waals surface area contributed by atoms with Crippen molar-refractivity contribution in [3.63, 3.8) is 0 Å². The van der Waals surface area contributed by atoms with E-state index in [9.17, 15) is 43.0 Å². The summed E-state index contributed by atoms with van der Waals surface area (Å²) < 4.78 is 111. The Balaban J connectivity index is 0.916. The van der Waals surface area contributed by atoms with Gasteiger partial charge in [-0.3, -0.25) is 9.35 Å². The predicted octanol–water partition coefficient (Wildman–Crippen LogP) is 3.23. The van der Waals surface area contributed by atoms with Gasteiger partial charge in [-0.2, -0.15) is 8.42 Å². The van der Waals surface area contributed by atoms with Gasteiger partial charge >= 0.3 is 16.4 Å². The van der Waals surface area contributed by atoms with Crippen LogP contribution in [0, 0.1) is 34.5 Å². The Bertz CT molecular complexity index is 2190. The monoisotopic (exact) mass is 1100 g/mol. The molecule has 4 aliphatic carbocycles. The SMILES string of the molecule is CO[C@@H]1[C@@H](O)[C@H](O[C@H]2[C@H](O)[C@@H](O)[C@H](O[C@H]3CC[C@@]4(C)C(=CC[C@H]5[C@@H]6CC[C@H](C(C)=O)[C@@]6(C)[C@H](OC(=O)C=C(C)C)C[C@@H]54)C3)O[C@@H]2COS(=O)(=O)O)O[C@H](C)[C@H]1O[C@H]1C[C@H](OC)[C@H](O[C@H]2C[C@H](OC)[C@H](O)[C@@H](C)O2)[C@@H](C)O1. The second kappa shape index (κ2) is 24.2. The van der Waals surface area contributed by atoms with E-state index in [4.69, 9.17) is 61.0 Å². The van der Waals surface area contributed by atoms with Crippen molar-refractivity contribution in [1.82, 2.24) is 0 Å². The van der Waals surface area contributed by atoms with E-state index in [2.05, 4.69) is 19.9 Å². The number of hydrogen-bond donors (Lipinski definition) is 5. The quantitative estimate of drug-likeness (QED) is 0.0605. The molecule has 4 saturated heterocycles. The standard InChI is InChI=1S/C53H84O22S/c1-24(2)18-39(55)72-38-20-34-31(33-15-14-32(25(3)54)53(33,38)8)13-12-29-19-30(16-17-52(29,34)7)70-50-44(58)43(57)48(37(71-50)23-66-76(60,61)62)75-51-45(59)49(65-11)47(28(6)69-51)74-41-22-36(64-10)46(27(5)68-41)73-40-21-35(63-9)42(56)26(4)67-40/h12,18,26-28,30-38,40-51,56-59H,13-17,19-23H2,1-11H3,(H,60,61,62)/t26-,27-,28-,30+,31+,32-,33+,34+,35+,36+,37-,38-,40+,41+,42-,43-,44-,45-,46-,47-,48-,49-,50-,51+,52+,53-/m1/s1. The van der Waals surface area contributed by atoms with Crippen molar-refractivity contribution in [2.75, 3.05) is 27.9 Å². The number of aliphatic hydroxyl groups excluding tert-OH is 4. The van der Waals surface area contributed by atoms with Crippen LogP contribution in [0.1, 0.15) is 113 Å². The molecule has 23 heteroatoms. The molecule has 4 heterocycles. The van der Waals surface area contributed by atoms with Gasteiger partial charge in [0.1, 0.15) is 66.8 Å². The summed E-state index contributed by atoms with van der Waals surface area (Å²) in [5, 5.41) is 45.6. The molecule has 7 fully saturated rings. The molecular weight excluding hydrogens is 1020 g/mol. The molecule has 0 spiro atoms. The maximum atomic E-state index is 13.2. The van der Waals surface area contributed by atoms with Crippen LogP contribution in [-0.2, 0) is 81.0 Å². The molecule has 76 heavy (non-hydrogen) atoms. The van der Waals surface area contributed by atoms with E-state index >= 15 is 0 Å². The molecule has 8 rings (SSSR count). The number of ether oxygens (including phenoxy) is 12. The Morgan fingerprint density at radius 2 is 1.36 bits per heavy atom. The third-order valence-corrected chi connectivity index (χ3v) is 18.9. The summed E-state index contributed by atoms with van der Waals surface area (Å²) in [7, 11) is -0.636. The van der Waals surface area contributed by atoms with Crippen molar-refractivity contribution in [2.45, 2.75) is 236 Å². The summed E-state index contributed by atoms with van der Waals surface area (Å²) in [5.41, 5.74) is 1.18. The molecule has 0 aromatic rings. The summed E-state index contributed by atoms with van der Waals surface area (Å²) in [6.45, 7) is 14.0. The van der Waals surface area contributed by atoms with Crippen molar-refractivity contribution >= 4 is 22.2 Å². The lowest BCUT2D eigenvalue weighted by atomic mass is 9.46. The van der Waals surface area contributed by atoms with Gasteiger partial charge in [0.25, 0.3) is 0 Å².